The molecule has 0 saturated heterocycles. The first kappa shape index (κ1) is 29.6. The van der Waals surface area contributed by atoms with E-state index in [2.05, 4.69) is 0 Å². The van der Waals surface area contributed by atoms with Crippen molar-refractivity contribution in [3.63, 3.8) is 0 Å². The van der Waals surface area contributed by atoms with E-state index in [9.17, 15) is 0 Å². The Morgan fingerprint density at radius 2 is 1.25 bits per heavy atom. The monoisotopic (exact) mass is 242 g/mol. The minimum Gasteiger partial charge on any atom is 0 e. The Balaban J connectivity index is 0. The van der Waals surface area contributed by atoms with Crippen molar-refractivity contribution < 1.29 is 61.5 Å². The Kier molecular flexibility index (Phi) is 127. The van der Waals surface area contributed by atoms with Gasteiger partial charge in [-0.15, -0.1) is 0 Å². The van der Waals surface area contributed by atoms with Gasteiger partial charge in [-0.25, -0.2) is 0 Å². The Morgan fingerprint density at radius 1 is 1.25 bits per heavy atom. The van der Waals surface area contributed by atoms with Crippen LogP contribution in [0.2, 0.25) is 0 Å². The van der Waals surface area contributed by atoms with E-state index in [0.29, 0.717) is 0 Å². The molecule has 14 valence electrons. The molecular weight excluding hydrogens is 239 g/mol. The van der Waals surface area contributed by atoms with E-state index in [0.717, 1.165) is 0 Å². The summed E-state index contributed by atoms with van der Waals surface area (Å²) in [7, 11) is 0. The van der Waals surface area contributed by atoms with Gasteiger partial charge in [-0.3, -0.25) is 0 Å². The third kappa shape index (κ3) is 8.83. The van der Waals surface area contributed by atoms with E-state index in [4.69, 9.17) is 0 Å². The van der Waals surface area contributed by atoms with Gasteiger partial charge in [-0.1, -0.05) is 0 Å². The van der Waals surface area contributed by atoms with Gasteiger partial charge in [-0.05, 0) is 0 Å². The van der Waals surface area contributed by atoms with Crippen LogP contribution in [0.25, 0.3) is 0 Å². The molecule has 0 aliphatic rings. The van der Waals surface area contributed by atoms with Gasteiger partial charge in [0.15, 0.2) is 0 Å². The van der Waals surface area contributed by atoms with Crippen molar-refractivity contribution in [3.8, 4) is 0 Å². The zero-order valence-corrected chi connectivity index (χ0v) is 11.5. The van der Waals surface area contributed by atoms with Crippen LogP contribution in [-0.2, 0) is 41.2 Å². The van der Waals surface area contributed by atoms with Crippen molar-refractivity contribution in [2.24, 2.45) is 0 Å². The first-order valence-electron chi connectivity index (χ1n) is 0. The molecule has 0 aliphatic heterocycles. The second-order valence-electron chi connectivity index (χ2n) is 0. The van der Waals surface area contributed by atoms with Gasteiger partial charge in [0.05, 0.1) is 0 Å². The van der Waals surface area contributed by atoms with Crippen LogP contribution < -0.4 is 18.9 Å². The Morgan fingerprint density at radius 3 is 1.25 bits per heavy atom. The van der Waals surface area contributed by atoms with Crippen molar-refractivity contribution in [3.05, 3.63) is 0 Å². The van der Waals surface area contributed by atoms with Crippen molar-refractivity contribution in [2.75, 3.05) is 0 Å². The second kappa shape index (κ2) is 17.2. The summed E-state index contributed by atoms with van der Waals surface area (Å²) in [5, 5.41) is 0. The summed E-state index contributed by atoms with van der Waals surface area (Å²) >= 11 is 0. The molecule has 4 heavy (non-hydrogen) atoms. The second-order valence-corrected chi connectivity index (χ2v) is 0. The molecule has 0 aromatic rings. The standard InChI is InChI=1S/Li.Sn.Ti.Zn.3H/q+1;;;;;;-1. The molecular formula is H3LiSnTiZn. The minimum absolute atomic E-state index is 0. The third-order valence-electron chi connectivity index (χ3n) is 0. The van der Waals surface area contributed by atoms with E-state index in [-0.39, 0.29) is 85.4 Å². The topological polar surface area (TPSA) is 0 Å². The molecule has 0 saturated carbocycles. The van der Waals surface area contributed by atoms with E-state index in [1.54, 1.807) is 0 Å². The zero-order chi connectivity index (χ0) is 0. The quantitative estimate of drug-likeness (QED) is 0.382. The van der Waals surface area contributed by atoms with Gasteiger partial charge in [-0.2, -0.15) is 0 Å². The molecule has 0 aromatic carbocycles. The smallest absolute Gasteiger partial charge is 0 e. The molecule has 2 radical (unpaired) electrons. The van der Waals surface area contributed by atoms with Gasteiger partial charge >= 0.3 is 42.8 Å². The molecule has 0 amide bonds. The normalized spacial score (nSPS) is 0. The summed E-state index contributed by atoms with van der Waals surface area (Å²) < 4.78 is 0. The maximum absolute atomic E-state index is 0. The van der Waals surface area contributed by atoms with Gasteiger partial charge in [0.1, 0.15) is 0 Å². The van der Waals surface area contributed by atoms with Gasteiger partial charge in [0.25, 0.3) is 0 Å². The van der Waals surface area contributed by atoms with Crippen LogP contribution in [0.1, 0.15) is 1.43 Å². The molecule has 0 aliphatic carbocycles. The number of hydrogen-bond donors (Lipinski definition) is 0. The van der Waals surface area contributed by atoms with E-state index in [1.165, 1.54) is 0 Å². The van der Waals surface area contributed by atoms with Crippen LogP contribution >= 0.6 is 0 Å². The Hall–Kier alpha value is 2.73. The van der Waals surface area contributed by atoms with Gasteiger partial charge < -0.3 is 1.43 Å². The maximum Gasteiger partial charge on any atom is 0 e. The van der Waals surface area contributed by atoms with Crippen LogP contribution in [0.4, 0.5) is 0 Å². The molecule has 0 N–H and O–H groups in total. The summed E-state index contributed by atoms with van der Waals surface area (Å²) in [4.78, 5) is 0. The van der Waals surface area contributed by atoms with Crippen LogP contribution in [0.15, 0.2) is 0 Å². The van der Waals surface area contributed by atoms with Gasteiger partial charge in [0.2, 0.25) is 0 Å². The first-order valence-corrected chi connectivity index (χ1v) is 0. The summed E-state index contributed by atoms with van der Waals surface area (Å²) in [6.45, 7) is 0. The Bertz CT molecular complexity index is 11.6. The van der Waals surface area contributed by atoms with Crippen LogP contribution in [0.5, 0.6) is 0 Å². The number of rotatable bonds is 0. The van der Waals surface area contributed by atoms with Crippen molar-refractivity contribution in [1.29, 1.82) is 0 Å². The maximum atomic E-state index is 0. The summed E-state index contributed by atoms with van der Waals surface area (Å²) in [6, 6.07) is 0. The molecule has 0 aromatic heterocycles. The third-order valence-corrected chi connectivity index (χ3v) is 0. The predicted octanol–water partition coefficient (Wildman–Crippen LogP) is -3.80. The fraction of sp³-hybridized carbons (Fsp3) is 0. The van der Waals surface area contributed by atoms with E-state index < -0.39 is 0 Å². The predicted molar refractivity (Wildman–Crippen MR) is 9.66 cm³/mol. The molecule has 0 unspecified atom stereocenters. The van der Waals surface area contributed by atoms with E-state index in [1.807, 2.05) is 0 Å². The molecule has 0 bridgehead atoms. The molecule has 0 spiro atoms. The average molecular weight is 242 g/mol. The van der Waals surface area contributed by atoms with E-state index >= 15 is 0 Å². The van der Waals surface area contributed by atoms with Gasteiger partial charge in [0, 0.05) is 41.2 Å². The van der Waals surface area contributed by atoms with Crippen LogP contribution in [-0.4, -0.2) is 23.9 Å². The van der Waals surface area contributed by atoms with Crippen molar-refractivity contribution >= 4 is 23.9 Å². The molecule has 0 rings (SSSR count). The minimum atomic E-state index is 0. The summed E-state index contributed by atoms with van der Waals surface area (Å²) in [5.74, 6) is 0. The van der Waals surface area contributed by atoms with Crippen LogP contribution in [0.3, 0.4) is 0 Å². The largest absolute Gasteiger partial charge is 0 e. The van der Waals surface area contributed by atoms with Crippen molar-refractivity contribution in [2.45, 2.75) is 0 Å². The SMILES string of the molecule is [H-].[Li+].[SnH2].[Ti].[Zn]. The number of hydrogen-bond acceptors (Lipinski definition) is 0. The fourth-order valence-electron chi connectivity index (χ4n) is 0. The molecule has 0 fully saturated rings. The Labute approximate surface area is 84.1 Å². The first-order chi connectivity index (χ1) is 0. The average Bonchev–Trinajstić information content (AvgIpc) is 0. The summed E-state index contributed by atoms with van der Waals surface area (Å²) in [6.07, 6.45) is 0. The zero-order valence-electron chi connectivity index (χ0n) is 3.91. The molecule has 0 atom stereocenters. The van der Waals surface area contributed by atoms with Crippen molar-refractivity contribution in [1.82, 2.24) is 0 Å². The summed E-state index contributed by atoms with van der Waals surface area (Å²) in [5.41, 5.74) is 0. The molecule has 4 heteroatoms. The molecule has 0 heterocycles. The molecule has 0 nitrogen and oxygen atoms in total. The fourth-order valence-corrected chi connectivity index (χ4v) is 0. The van der Waals surface area contributed by atoms with Crippen LogP contribution in [0, 0.1) is 0 Å².